The average molecular weight is 993 g/mol. The third-order valence-electron chi connectivity index (χ3n) is 12.7. The number of rotatable bonds is 17. The molecular weight excluding hydrogens is 945 g/mol. The lowest BCUT2D eigenvalue weighted by atomic mass is 10.0. The van der Waals surface area contributed by atoms with Gasteiger partial charge in [0.15, 0.2) is 46.5 Å². The van der Waals surface area contributed by atoms with Crippen LogP contribution in [0.5, 0.6) is 17.2 Å². The molecule has 0 aliphatic carbocycles. The smallest absolute Gasteiger partial charge is 0.185 e. The molecule has 9 nitrogen and oxygen atoms in total. The number of aromatic amines is 3. The maximum Gasteiger partial charge on any atom is 0.185 e. The average Bonchev–Trinajstić information content (AvgIpc) is 4.25. The predicted molar refractivity (Wildman–Crippen MR) is 266 cm³/mol. The van der Waals surface area contributed by atoms with Gasteiger partial charge in [-0.1, -0.05) is 69.4 Å². The van der Waals surface area contributed by atoms with Crippen LogP contribution in [-0.4, -0.2) is 47.8 Å². The standard InChI is InChI=1S/C55H48F8N6O3/c1-5-6-7-8-9-13-24-64-54-50(60)46(56)44(47(57)51(54)61)41-34-18-16-30(66-34)31-17-19-35(67-31)42(45-48(58)52(62)55(53(63)49(45)59)65-27-28-14-11-10-12-15-28)37-23-21-33(69-37)40(32-20-22-36(41)68-32)43-38(71-3)25-29(70-2)26-39(43)72-4/h10-12,14-23,25-26,64-68H,5-9,13,24,27H2,1-4H3. The van der Waals surface area contributed by atoms with Gasteiger partial charge in [0.2, 0.25) is 0 Å². The van der Waals surface area contributed by atoms with E-state index in [-0.39, 0.29) is 91.3 Å². The number of ether oxygens (including phenoxy) is 3. The van der Waals surface area contributed by atoms with Crippen LogP contribution in [0.1, 0.15) is 62.4 Å². The van der Waals surface area contributed by atoms with Gasteiger partial charge in [0.25, 0.3) is 0 Å². The van der Waals surface area contributed by atoms with E-state index in [1.807, 2.05) is 0 Å². The summed E-state index contributed by atoms with van der Waals surface area (Å²) in [6, 6.07) is 20.4. The minimum atomic E-state index is -1.72. The molecule has 0 spiro atoms. The van der Waals surface area contributed by atoms with Crippen LogP contribution in [-0.2, 0) is 6.54 Å². The Morgan fingerprint density at radius 1 is 0.444 bits per heavy atom. The topological polar surface area (TPSA) is 112 Å². The second-order valence-corrected chi connectivity index (χ2v) is 17.2. The van der Waals surface area contributed by atoms with Crippen molar-refractivity contribution in [3.05, 3.63) is 142 Å². The fraction of sp³-hybridized carbons (Fsp3) is 0.218. The summed E-state index contributed by atoms with van der Waals surface area (Å²) in [4.78, 5) is 14.2. The number of benzene rings is 4. The lowest BCUT2D eigenvalue weighted by Gasteiger charge is -2.16. The molecule has 0 radical (unpaired) electrons. The van der Waals surface area contributed by atoms with Crippen LogP contribution in [0.15, 0.2) is 78.9 Å². The van der Waals surface area contributed by atoms with Crippen molar-refractivity contribution in [3.63, 3.8) is 0 Å². The van der Waals surface area contributed by atoms with E-state index in [0.29, 0.717) is 17.7 Å². The van der Waals surface area contributed by atoms with Gasteiger partial charge in [-0.3, -0.25) is 0 Å². The normalized spacial score (nSPS) is 11.7. The molecule has 5 N–H and O–H groups in total. The van der Waals surface area contributed by atoms with E-state index in [9.17, 15) is 0 Å². The molecular formula is C55H48F8N6O3. The Bertz CT molecular complexity index is 3430. The molecule has 0 fully saturated rings. The number of H-pyrrole nitrogens is 3. The summed E-state index contributed by atoms with van der Waals surface area (Å²) in [5, 5.41) is 5.05. The Balaban J connectivity index is 1.34. The van der Waals surface area contributed by atoms with Gasteiger partial charge in [-0.05, 0) is 60.5 Å². The van der Waals surface area contributed by atoms with Gasteiger partial charge in [-0.15, -0.1) is 0 Å². The molecule has 9 rings (SSSR count). The summed E-state index contributed by atoms with van der Waals surface area (Å²) in [6.07, 6.45) is 8.12. The molecule has 372 valence electrons. The first kappa shape index (κ1) is 49.0. The largest absolute Gasteiger partial charge is 0.496 e. The van der Waals surface area contributed by atoms with Crippen LogP contribution in [0.2, 0.25) is 0 Å². The van der Waals surface area contributed by atoms with Gasteiger partial charge >= 0.3 is 0 Å². The van der Waals surface area contributed by atoms with Crippen molar-refractivity contribution in [2.75, 3.05) is 38.5 Å². The molecule has 0 saturated carbocycles. The van der Waals surface area contributed by atoms with Crippen molar-refractivity contribution < 1.29 is 49.3 Å². The van der Waals surface area contributed by atoms with Crippen molar-refractivity contribution in [3.8, 4) is 50.6 Å². The second-order valence-electron chi connectivity index (χ2n) is 17.2. The summed E-state index contributed by atoms with van der Waals surface area (Å²) >= 11 is 0. The van der Waals surface area contributed by atoms with Gasteiger partial charge in [0.1, 0.15) is 28.6 Å². The number of nitrogens with one attached hydrogen (secondary N) is 5. The fourth-order valence-corrected chi connectivity index (χ4v) is 9.11. The van der Waals surface area contributed by atoms with Crippen molar-refractivity contribution in [1.82, 2.24) is 19.9 Å². The molecule has 0 amide bonds. The molecule has 8 aromatic rings. The van der Waals surface area contributed by atoms with E-state index in [1.165, 1.54) is 69.9 Å². The first-order valence-electron chi connectivity index (χ1n) is 23.3. The molecule has 4 aromatic carbocycles. The van der Waals surface area contributed by atoms with Crippen molar-refractivity contribution in [2.45, 2.75) is 52.0 Å². The van der Waals surface area contributed by atoms with E-state index >= 15 is 35.1 Å². The van der Waals surface area contributed by atoms with Crippen LogP contribution in [0.4, 0.5) is 46.5 Å². The molecule has 17 heteroatoms. The number of unbranched alkanes of at least 4 members (excludes halogenated alkanes) is 5. The number of fused-ring (bicyclic) bond motifs is 9. The predicted octanol–water partition coefficient (Wildman–Crippen LogP) is 15.2. The number of hydrogen-bond donors (Lipinski definition) is 5. The molecule has 1 aliphatic rings. The van der Waals surface area contributed by atoms with E-state index in [2.05, 4.69) is 32.5 Å². The maximum absolute atomic E-state index is 16.7. The summed E-state index contributed by atoms with van der Waals surface area (Å²) in [5.41, 5.74) is -3.36. The number of methoxy groups -OCH3 is 3. The minimum Gasteiger partial charge on any atom is -0.496 e. The Kier molecular flexibility index (Phi) is 14.2. The highest BCUT2D eigenvalue weighted by Gasteiger charge is 2.32. The van der Waals surface area contributed by atoms with E-state index in [4.69, 9.17) is 19.2 Å². The van der Waals surface area contributed by atoms with Gasteiger partial charge in [0.05, 0.1) is 60.4 Å². The highest BCUT2D eigenvalue weighted by Crippen LogP contribution is 2.47. The quantitative estimate of drug-likeness (QED) is 0.0353. The zero-order valence-electron chi connectivity index (χ0n) is 39.5. The van der Waals surface area contributed by atoms with Crippen LogP contribution in [0.25, 0.3) is 78.6 Å². The zero-order chi connectivity index (χ0) is 50.8. The number of anilines is 2. The fourth-order valence-electron chi connectivity index (χ4n) is 9.11. The molecule has 0 atom stereocenters. The molecule has 72 heavy (non-hydrogen) atoms. The summed E-state index contributed by atoms with van der Waals surface area (Å²) < 4.78 is 149. The van der Waals surface area contributed by atoms with Crippen LogP contribution < -0.4 is 24.8 Å². The van der Waals surface area contributed by atoms with Crippen LogP contribution in [0.3, 0.4) is 0 Å². The monoisotopic (exact) mass is 992 g/mol. The Hall–Kier alpha value is -7.95. The molecule has 4 aromatic heterocycles. The molecule has 1 aliphatic heterocycles. The third-order valence-corrected chi connectivity index (χ3v) is 12.7. The SMILES string of the molecule is CCCCCCCCNc1c(F)c(F)c(-c2c3ccc([nH]3)c(-c3c(OC)cc(OC)cc3OC)c3nc(c(-c4c(F)c(F)c(NCc5ccccc5)c(F)c4F)c4ccc([nH]4)c4ccc2[nH]4)C=C3)c(F)c1F. The number of nitrogens with zero attached hydrogens (tertiary/aromatic N) is 1. The van der Waals surface area contributed by atoms with Crippen LogP contribution >= 0.6 is 0 Å². The third kappa shape index (κ3) is 9.03. The first-order chi connectivity index (χ1) is 34.9. The lowest BCUT2D eigenvalue weighted by Crippen LogP contribution is -2.10. The zero-order valence-corrected chi connectivity index (χ0v) is 39.5. The summed E-state index contributed by atoms with van der Waals surface area (Å²) in [7, 11) is 4.19. The Labute approximate surface area is 408 Å². The van der Waals surface area contributed by atoms with Gasteiger partial charge < -0.3 is 39.8 Å². The van der Waals surface area contributed by atoms with Crippen LogP contribution in [0, 0.1) is 46.5 Å². The van der Waals surface area contributed by atoms with Gasteiger partial charge in [-0.25, -0.2) is 40.1 Å². The van der Waals surface area contributed by atoms with E-state index in [0.717, 1.165) is 32.1 Å². The maximum atomic E-state index is 16.7. The van der Waals surface area contributed by atoms with Crippen molar-refractivity contribution >= 4 is 56.6 Å². The number of hydrogen-bond acceptors (Lipinski definition) is 6. The molecule has 0 unspecified atom stereocenters. The number of aromatic nitrogens is 4. The summed E-state index contributed by atoms with van der Waals surface area (Å²) in [6.45, 7) is 2.00. The van der Waals surface area contributed by atoms with Gasteiger partial charge in [0, 0.05) is 64.0 Å². The Morgan fingerprint density at radius 3 is 1.38 bits per heavy atom. The second kappa shape index (κ2) is 20.8. The summed E-state index contributed by atoms with van der Waals surface area (Å²) in [5.74, 6) is -12.8. The highest BCUT2D eigenvalue weighted by molar-refractivity contribution is 6.01. The molecule has 5 heterocycles. The van der Waals surface area contributed by atoms with E-state index in [1.54, 1.807) is 42.5 Å². The molecule has 8 bridgehead atoms. The highest BCUT2D eigenvalue weighted by atomic mass is 19.2. The molecule has 0 saturated heterocycles. The van der Waals surface area contributed by atoms with E-state index < -0.39 is 69.0 Å². The Morgan fingerprint density at radius 2 is 0.875 bits per heavy atom. The van der Waals surface area contributed by atoms with Crippen molar-refractivity contribution in [1.29, 1.82) is 0 Å². The van der Waals surface area contributed by atoms with Crippen molar-refractivity contribution in [2.24, 2.45) is 0 Å². The minimum absolute atomic E-state index is 0.0212. The number of halogens is 8. The first-order valence-corrected chi connectivity index (χ1v) is 23.3. The lowest BCUT2D eigenvalue weighted by molar-refractivity contribution is 0.377. The van der Waals surface area contributed by atoms with Gasteiger partial charge in [-0.2, -0.15) is 0 Å².